The number of hydrogen-bond acceptors (Lipinski definition) is 4. The summed E-state index contributed by atoms with van der Waals surface area (Å²) in [5, 5.41) is 7.84. The zero-order valence-corrected chi connectivity index (χ0v) is 14.1. The highest BCUT2D eigenvalue weighted by Crippen LogP contribution is 2.33. The molecule has 6 nitrogen and oxygen atoms in total. The smallest absolute Gasteiger partial charge is 0.139 e. The highest BCUT2D eigenvalue weighted by atomic mass is 16.5. The van der Waals surface area contributed by atoms with Gasteiger partial charge in [-0.25, -0.2) is 4.98 Å². The largest absolute Gasteiger partial charge is 0.373 e. The predicted molar refractivity (Wildman–Crippen MR) is 91.6 cm³/mol. The van der Waals surface area contributed by atoms with E-state index >= 15 is 0 Å². The van der Waals surface area contributed by atoms with E-state index in [1.165, 1.54) is 16.8 Å². The molecule has 2 atom stereocenters. The number of pyridine rings is 1. The molecule has 0 radical (unpaired) electrons. The lowest BCUT2D eigenvalue weighted by molar-refractivity contribution is 0.0903. The first-order valence-electron chi connectivity index (χ1n) is 8.45. The van der Waals surface area contributed by atoms with Crippen molar-refractivity contribution in [3.63, 3.8) is 0 Å². The highest BCUT2D eigenvalue weighted by molar-refractivity contribution is 5.48. The fourth-order valence-corrected chi connectivity index (χ4v) is 3.52. The number of rotatable bonds is 5. The Morgan fingerprint density at radius 1 is 1.38 bits per heavy atom. The Morgan fingerprint density at radius 2 is 2.29 bits per heavy atom. The molecule has 1 fully saturated rings. The lowest BCUT2D eigenvalue weighted by Gasteiger charge is -2.17. The average Bonchev–Trinajstić information content (AvgIpc) is 3.28. The molecule has 0 bridgehead atoms. The number of nitrogens with one attached hydrogen (secondary N) is 1. The Kier molecular flexibility index (Phi) is 4.08. The van der Waals surface area contributed by atoms with Gasteiger partial charge in [0.25, 0.3) is 0 Å². The molecule has 0 saturated carbocycles. The zero-order valence-electron chi connectivity index (χ0n) is 14.1. The summed E-state index contributed by atoms with van der Waals surface area (Å²) in [5.74, 6) is 0.482. The molecule has 0 amide bonds. The van der Waals surface area contributed by atoms with E-state index in [2.05, 4.69) is 51.3 Å². The average molecular weight is 325 g/mol. The number of hydrogen-bond donors (Lipinski definition) is 1. The fourth-order valence-electron chi connectivity index (χ4n) is 3.52. The van der Waals surface area contributed by atoms with Crippen LogP contribution >= 0.6 is 0 Å². The van der Waals surface area contributed by atoms with Gasteiger partial charge in [-0.15, -0.1) is 0 Å². The molecule has 24 heavy (non-hydrogen) atoms. The van der Waals surface area contributed by atoms with Gasteiger partial charge >= 0.3 is 0 Å². The number of imidazole rings is 1. The molecule has 6 heteroatoms. The third-order valence-electron chi connectivity index (χ3n) is 4.79. The van der Waals surface area contributed by atoms with E-state index in [0.29, 0.717) is 5.92 Å². The third-order valence-corrected chi connectivity index (χ3v) is 4.79. The molecule has 0 aliphatic carbocycles. The summed E-state index contributed by atoms with van der Waals surface area (Å²) in [6.45, 7) is 4.65. The van der Waals surface area contributed by atoms with Crippen molar-refractivity contribution in [2.45, 2.75) is 26.0 Å². The van der Waals surface area contributed by atoms with Crippen LogP contribution in [0.25, 0.3) is 5.65 Å². The van der Waals surface area contributed by atoms with Gasteiger partial charge in [-0.3, -0.25) is 4.68 Å². The van der Waals surface area contributed by atoms with Crippen molar-refractivity contribution in [3.05, 3.63) is 53.7 Å². The first kappa shape index (κ1) is 15.4. The zero-order chi connectivity index (χ0) is 16.5. The lowest BCUT2D eigenvalue weighted by Crippen LogP contribution is -2.25. The summed E-state index contributed by atoms with van der Waals surface area (Å²) in [6.07, 6.45) is 9.23. The molecule has 126 valence electrons. The van der Waals surface area contributed by atoms with Crippen LogP contribution in [-0.2, 0) is 18.3 Å². The van der Waals surface area contributed by atoms with Crippen LogP contribution in [0.15, 0.2) is 36.9 Å². The van der Waals surface area contributed by atoms with E-state index in [9.17, 15) is 0 Å². The molecule has 4 heterocycles. The van der Waals surface area contributed by atoms with E-state index in [4.69, 9.17) is 4.74 Å². The Labute approximate surface area is 141 Å². The molecule has 3 aromatic heterocycles. The van der Waals surface area contributed by atoms with Crippen LogP contribution in [0.2, 0.25) is 0 Å². The van der Waals surface area contributed by atoms with Crippen LogP contribution in [0.3, 0.4) is 0 Å². The Morgan fingerprint density at radius 3 is 3.12 bits per heavy atom. The van der Waals surface area contributed by atoms with Gasteiger partial charge in [0.15, 0.2) is 0 Å². The maximum Gasteiger partial charge on any atom is 0.139 e. The number of fused-ring (bicyclic) bond motifs is 1. The van der Waals surface area contributed by atoms with Crippen molar-refractivity contribution in [1.82, 2.24) is 24.5 Å². The van der Waals surface area contributed by atoms with Crippen molar-refractivity contribution >= 4 is 5.65 Å². The van der Waals surface area contributed by atoms with Crippen LogP contribution in [0.5, 0.6) is 0 Å². The molecule has 0 unspecified atom stereocenters. The van der Waals surface area contributed by atoms with E-state index < -0.39 is 0 Å². The van der Waals surface area contributed by atoms with Crippen molar-refractivity contribution in [2.75, 3.05) is 13.2 Å². The summed E-state index contributed by atoms with van der Waals surface area (Å²) < 4.78 is 9.92. The van der Waals surface area contributed by atoms with Crippen LogP contribution in [-0.4, -0.2) is 32.3 Å². The minimum Gasteiger partial charge on any atom is -0.373 e. The second-order valence-electron chi connectivity index (χ2n) is 6.55. The highest BCUT2D eigenvalue weighted by Gasteiger charge is 2.30. The maximum absolute atomic E-state index is 5.93. The number of nitrogens with zero attached hydrogens (tertiary/aromatic N) is 4. The van der Waals surface area contributed by atoms with E-state index in [1.54, 1.807) is 0 Å². The van der Waals surface area contributed by atoms with Gasteiger partial charge in [0.2, 0.25) is 0 Å². The van der Waals surface area contributed by atoms with Gasteiger partial charge < -0.3 is 14.5 Å². The summed E-state index contributed by atoms with van der Waals surface area (Å²) in [6, 6.07) is 4.16. The molecular formula is C18H23N5O. The number of aryl methyl sites for hydroxylation is 2. The van der Waals surface area contributed by atoms with Crippen LogP contribution in [0, 0.1) is 12.8 Å². The van der Waals surface area contributed by atoms with Crippen LogP contribution < -0.4 is 5.32 Å². The molecule has 1 aliphatic rings. The van der Waals surface area contributed by atoms with E-state index in [1.807, 2.05) is 24.1 Å². The predicted octanol–water partition coefficient (Wildman–Crippen LogP) is 2.24. The third kappa shape index (κ3) is 2.83. The molecule has 1 N–H and O–H groups in total. The molecule has 0 aromatic carbocycles. The van der Waals surface area contributed by atoms with Gasteiger partial charge in [-0.1, -0.05) is 6.07 Å². The van der Waals surface area contributed by atoms with Crippen molar-refractivity contribution in [2.24, 2.45) is 13.0 Å². The van der Waals surface area contributed by atoms with E-state index in [0.717, 1.165) is 31.8 Å². The summed E-state index contributed by atoms with van der Waals surface area (Å²) >= 11 is 0. The lowest BCUT2D eigenvalue weighted by atomic mass is 9.97. The van der Waals surface area contributed by atoms with Gasteiger partial charge in [0.05, 0.1) is 24.2 Å². The van der Waals surface area contributed by atoms with Crippen LogP contribution in [0.1, 0.15) is 29.3 Å². The normalized spacial score (nSPS) is 20.9. The summed E-state index contributed by atoms with van der Waals surface area (Å²) in [5.41, 5.74) is 4.59. The second-order valence-corrected chi connectivity index (χ2v) is 6.55. The fraction of sp³-hybridized carbons (Fsp3) is 0.444. The molecule has 4 rings (SSSR count). The molecule has 1 aliphatic heterocycles. The first-order valence-corrected chi connectivity index (χ1v) is 8.45. The number of aromatic nitrogens is 4. The molecule has 1 saturated heterocycles. The van der Waals surface area contributed by atoms with E-state index in [-0.39, 0.29) is 6.10 Å². The molecule has 0 spiro atoms. The minimum atomic E-state index is 0.149. The molecular weight excluding hydrogens is 302 g/mol. The van der Waals surface area contributed by atoms with Crippen molar-refractivity contribution in [1.29, 1.82) is 0 Å². The second kappa shape index (κ2) is 6.37. The molecule has 3 aromatic rings. The van der Waals surface area contributed by atoms with Crippen molar-refractivity contribution < 1.29 is 4.74 Å². The van der Waals surface area contributed by atoms with Crippen molar-refractivity contribution in [3.8, 4) is 0 Å². The maximum atomic E-state index is 5.93. The van der Waals surface area contributed by atoms with Gasteiger partial charge in [-0.2, -0.15) is 5.10 Å². The quantitative estimate of drug-likeness (QED) is 0.782. The monoisotopic (exact) mass is 325 g/mol. The minimum absolute atomic E-state index is 0.149. The Bertz CT molecular complexity index is 837. The topological polar surface area (TPSA) is 56.4 Å². The Balaban J connectivity index is 1.40. The van der Waals surface area contributed by atoms with Crippen LogP contribution in [0.4, 0.5) is 0 Å². The summed E-state index contributed by atoms with van der Waals surface area (Å²) in [7, 11) is 1.94. The Hall–Kier alpha value is -2.18. The standard InChI is InChI=1S/C18H23N5O/c1-13-4-3-6-23-16(11-20-18(13)23)10-19-8-14-5-7-24-17(14)15-9-21-22(2)12-15/h3-4,6,9,11-12,14,17,19H,5,7-8,10H2,1-2H3/t14-,17+/m1/s1. The summed E-state index contributed by atoms with van der Waals surface area (Å²) in [4.78, 5) is 4.52. The SMILES string of the molecule is Cc1cccn2c(CNC[C@H]3CCO[C@@H]3c3cnn(C)c3)cnc12. The first-order chi connectivity index (χ1) is 11.7. The van der Waals surface area contributed by atoms with Gasteiger partial charge in [0, 0.05) is 50.6 Å². The van der Waals surface area contributed by atoms with Gasteiger partial charge in [0.1, 0.15) is 5.65 Å². The van der Waals surface area contributed by atoms with Gasteiger partial charge in [-0.05, 0) is 25.0 Å². The number of ether oxygens (including phenoxy) is 1.